The maximum atomic E-state index is 12.8. The van der Waals surface area contributed by atoms with E-state index >= 15 is 0 Å². The number of hydrogen-bond donors (Lipinski definition) is 2. The van der Waals surface area contributed by atoms with Crippen molar-refractivity contribution in [2.75, 3.05) is 19.6 Å². The van der Waals surface area contributed by atoms with Crippen LogP contribution in [0.25, 0.3) is 11.4 Å². The Morgan fingerprint density at radius 3 is 2.79 bits per heavy atom. The van der Waals surface area contributed by atoms with Crippen molar-refractivity contribution < 1.29 is 9.32 Å². The van der Waals surface area contributed by atoms with E-state index in [0.29, 0.717) is 30.4 Å². The molecule has 0 radical (unpaired) electrons. The molecule has 2 aromatic heterocycles. The summed E-state index contributed by atoms with van der Waals surface area (Å²) in [5.74, 6) is 1.42. The molecule has 1 aromatic carbocycles. The molecular weight excluding hydrogens is 368 g/mol. The second kappa shape index (κ2) is 7.38. The topological polar surface area (TPSA) is 96.2 Å². The van der Waals surface area contributed by atoms with Gasteiger partial charge in [-0.25, -0.2) is 0 Å². The number of rotatable bonds is 3. The fourth-order valence-electron chi connectivity index (χ4n) is 4.02. The number of amides is 1. The van der Waals surface area contributed by atoms with Gasteiger partial charge in [-0.1, -0.05) is 23.4 Å². The third-order valence-corrected chi connectivity index (χ3v) is 5.60. The number of nitrogens with zero attached hydrogens (tertiary/aromatic N) is 4. The third-order valence-electron chi connectivity index (χ3n) is 5.60. The molecule has 4 heterocycles. The second-order valence-corrected chi connectivity index (χ2v) is 7.48. The third kappa shape index (κ3) is 3.30. The van der Waals surface area contributed by atoms with Crippen molar-refractivity contribution in [2.24, 2.45) is 0 Å². The number of hydrogen-bond acceptors (Lipinski definition) is 7. The average molecular weight is 390 g/mol. The molecule has 8 heteroatoms. The van der Waals surface area contributed by atoms with Crippen molar-refractivity contribution in [2.45, 2.75) is 25.8 Å². The lowest BCUT2D eigenvalue weighted by Gasteiger charge is -2.30. The molecule has 2 aliphatic heterocycles. The van der Waals surface area contributed by atoms with Crippen molar-refractivity contribution in [3.63, 3.8) is 0 Å². The highest BCUT2D eigenvalue weighted by atomic mass is 16.5. The van der Waals surface area contributed by atoms with Crippen LogP contribution in [0, 0.1) is 6.92 Å². The monoisotopic (exact) mass is 390 g/mol. The molecule has 5 rings (SSSR count). The molecule has 148 valence electrons. The van der Waals surface area contributed by atoms with Gasteiger partial charge in [-0.05, 0) is 36.6 Å². The van der Waals surface area contributed by atoms with Crippen molar-refractivity contribution in [3.05, 3.63) is 64.8 Å². The zero-order chi connectivity index (χ0) is 19.8. The summed E-state index contributed by atoms with van der Waals surface area (Å²) in [7, 11) is 0. The first kappa shape index (κ1) is 18.0. The predicted octanol–water partition coefficient (Wildman–Crippen LogP) is 1.83. The molecule has 3 aromatic rings. The maximum Gasteiger partial charge on any atom is 0.254 e. The molecule has 1 amide bonds. The van der Waals surface area contributed by atoms with E-state index in [1.54, 1.807) is 0 Å². The first-order valence-electron chi connectivity index (χ1n) is 9.82. The predicted molar refractivity (Wildman–Crippen MR) is 106 cm³/mol. The van der Waals surface area contributed by atoms with E-state index in [9.17, 15) is 4.79 Å². The Hall–Kier alpha value is -3.10. The summed E-state index contributed by atoms with van der Waals surface area (Å²) in [6.45, 7) is 4.68. The summed E-state index contributed by atoms with van der Waals surface area (Å²) in [5.41, 5.74) is 10.9. The van der Waals surface area contributed by atoms with Crippen LogP contribution in [0.3, 0.4) is 0 Å². The number of carbonyl (C=O) groups is 1. The lowest BCUT2D eigenvalue weighted by Crippen LogP contribution is -2.36. The van der Waals surface area contributed by atoms with Crippen molar-refractivity contribution in [1.29, 1.82) is 0 Å². The van der Waals surface area contributed by atoms with Crippen LogP contribution in [-0.4, -0.2) is 45.6 Å². The molecule has 1 saturated heterocycles. The zero-order valence-electron chi connectivity index (χ0n) is 16.2. The largest absolute Gasteiger partial charge is 0.339 e. The molecule has 2 N–H and O–H groups in total. The first-order chi connectivity index (χ1) is 14.2. The van der Waals surface area contributed by atoms with Gasteiger partial charge < -0.3 is 9.42 Å². The fraction of sp³-hybridized carbons (Fsp3) is 0.333. The molecule has 2 aliphatic rings. The number of pyridine rings is 1. The number of benzene rings is 1. The Morgan fingerprint density at radius 2 is 2.00 bits per heavy atom. The lowest BCUT2D eigenvalue weighted by molar-refractivity contribution is 0.0734. The van der Waals surface area contributed by atoms with Gasteiger partial charge in [0.25, 0.3) is 5.91 Å². The van der Waals surface area contributed by atoms with E-state index in [1.807, 2.05) is 48.4 Å². The summed E-state index contributed by atoms with van der Waals surface area (Å²) >= 11 is 0. The Kier molecular flexibility index (Phi) is 4.57. The Labute approximate surface area is 168 Å². The molecule has 0 spiro atoms. The second-order valence-electron chi connectivity index (χ2n) is 7.48. The van der Waals surface area contributed by atoms with Gasteiger partial charge in [0, 0.05) is 49.2 Å². The molecule has 0 saturated carbocycles. The van der Waals surface area contributed by atoms with Gasteiger partial charge in [0.05, 0.1) is 5.92 Å². The molecular formula is C21H22N6O2. The van der Waals surface area contributed by atoms with Gasteiger partial charge in [-0.2, -0.15) is 4.98 Å². The minimum absolute atomic E-state index is 0.0430. The number of aromatic nitrogens is 3. The zero-order valence-corrected chi connectivity index (χ0v) is 16.2. The number of nitrogens with one attached hydrogen (secondary N) is 2. The van der Waals surface area contributed by atoms with Crippen LogP contribution in [0.4, 0.5) is 0 Å². The Balaban J connectivity index is 1.44. The highest BCUT2D eigenvalue weighted by molar-refractivity contribution is 5.94. The van der Waals surface area contributed by atoms with Gasteiger partial charge in [0.15, 0.2) is 0 Å². The summed E-state index contributed by atoms with van der Waals surface area (Å²) in [5, 5.41) is 4.24. The Morgan fingerprint density at radius 1 is 1.21 bits per heavy atom. The average Bonchev–Trinajstić information content (AvgIpc) is 3.45. The lowest BCUT2D eigenvalue weighted by atomic mass is 9.94. The number of aryl methyl sites for hydroxylation is 1. The van der Waals surface area contributed by atoms with Crippen molar-refractivity contribution in [3.8, 4) is 11.4 Å². The van der Waals surface area contributed by atoms with E-state index < -0.39 is 0 Å². The number of carbonyl (C=O) groups excluding carboxylic acids is 1. The maximum absolute atomic E-state index is 12.8. The quantitative estimate of drug-likeness (QED) is 0.704. The molecule has 0 bridgehead atoms. The van der Waals surface area contributed by atoms with Crippen LogP contribution in [0.2, 0.25) is 0 Å². The molecule has 0 unspecified atom stereocenters. The summed E-state index contributed by atoms with van der Waals surface area (Å²) in [6, 6.07) is 9.39. The Bertz CT molecular complexity index is 1040. The summed E-state index contributed by atoms with van der Waals surface area (Å²) < 4.78 is 5.53. The summed E-state index contributed by atoms with van der Waals surface area (Å²) in [6.07, 6.45) is 2.60. The highest BCUT2D eigenvalue weighted by Crippen LogP contribution is 2.31. The SMILES string of the molecule is Cc1ncc2c(c1-c1noc(C3CNNC3)n1)CCN(C(=O)c1ccccc1)C2. The fourth-order valence-corrected chi connectivity index (χ4v) is 4.02. The normalized spacial score (nSPS) is 16.8. The molecule has 8 nitrogen and oxygen atoms in total. The van der Waals surface area contributed by atoms with Crippen LogP contribution < -0.4 is 10.9 Å². The smallest absolute Gasteiger partial charge is 0.254 e. The molecule has 0 aliphatic carbocycles. The minimum Gasteiger partial charge on any atom is -0.339 e. The van der Waals surface area contributed by atoms with Crippen LogP contribution in [0.15, 0.2) is 41.1 Å². The van der Waals surface area contributed by atoms with E-state index in [0.717, 1.165) is 41.9 Å². The van der Waals surface area contributed by atoms with Gasteiger partial charge in [0.2, 0.25) is 11.7 Å². The van der Waals surface area contributed by atoms with Crippen LogP contribution in [-0.2, 0) is 13.0 Å². The number of hydrazine groups is 1. The van der Waals surface area contributed by atoms with E-state index in [2.05, 4.69) is 26.0 Å². The standard InChI is InChI=1S/C21H22N6O2/c1-13-18(19-25-20(29-26-19)15-10-23-24-11-15)17-7-8-27(12-16(17)9-22-13)21(28)14-5-3-2-4-6-14/h2-6,9,15,23-24H,7-8,10-12H2,1H3. The van der Waals surface area contributed by atoms with Crippen LogP contribution in [0.5, 0.6) is 0 Å². The highest BCUT2D eigenvalue weighted by Gasteiger charge is 2.28. The van der Waals surface area contributed by atoms with Crippen LogP contribution in [0.1, 0.15) is 39.0 Å². The van der Waals surface area contributed by atoms with Crippen LogP contribution >= 0.6 is 0 Å². The van der Waals surface area contributed by atoms with E-state index in [4.69, 9.17) is 4.52 Å². The molecule has 29 heavy (non-hydrogen) atoms. The van der Waals surface area contributed by atoms with E-state index in [-0.39, 0.29) is 11.8 Å². The van der Waals surface area contributed by atoms with Gasteiger partial charge in [0.1, 0.15) is 0 Å². The minimum atomic E-state index is 0.0430. The van der Waals surface area contributed by atoms with Gasteiger partial charge >= 0.3 is 0 Å². The van der Waals surface area contributed by atoms with Gasteiger partial charge in [-0.3, -0.25) is 20.6 Å². The summed E-state index contributed by atoms with van der Waals surface area (Å²) in [4.78, 5) is 23.9. The van der Waals surface area contributed by atoms with Gasteiger partial charge in [-0.15, -0.1) is 0 Å². The first-order valence-corrected chi connectivity index (χ1v) is 9.82. The molecule has 0 atom stereocenters. The van der Waals surface area contributed by atoms with Crippen molar-refractivity contribution >= 4 is 5.91 Å². The molecule has 1 fully saturated rings. The van der Waals surface area contributed by atoms with Crippen molar-refractivity contribution in [1.82, 2.24) is 30.9 Å². The van der Waals surface area contributed by atoms with E-state index in [1.165, 1.54) is 0 Å². The number of fused-ring (bicyclic) bond motifs is 1.